The van der Waals surface area contributed by atoms with Gasteiger partial charge in [-0.05, 0) is 74.4 Å². The molecule has 1 aliphatic carbocycles. The fourth-order valence-corrected chi connectivity index (χ4v) is 3.51. The Kier molecular flexibility index (Phi) is 3.92. The average molecular weight is 274 g/mol. The minimum absolute atomic E-state index is 0.402. The Hall–Kier alpha value is -1.55. The topological polar surface area (TPSA) is 64.4 Å². The molecule has 3 rings (SSSR count). The third-order valence-corrected chi connectivity index (χ3v) is 4.73. The van der Waals surface area contributed by atoms with Crippen molar-refractivity contribution < 1.29 is 9.53 Å². The molecule has 1 aromatic rings. The van der Waals surface area contributed by atoms with E-state index in [-0.39, 0.29) is 0 Å². The van der Waals surface area contributed by atoms with Crippen LogP contribution in [0.1, 0.15) is 29.6 Å². The van der Waals surface area contributed by atoms with E-state index in [0.717, 1.165) is 36.5 Å². The molecule has 0 radical (unpaired) electrons. The quantitative estimate of drug-likeness (QED) is 0.777. The minimum Gasteiger partial charge on any atom is -0.494 e. The molecule has 1 aromatic carbocycles. The zero-order valence-corrected chi connectivity index (χ0v) is 11.7. The Morgan fingerprint density at radius 2 is 2.10 bits per heavy atom. The number of hydrogen-bond donors (Lipinski definition) is 2. The van der Waals surface area contributed by atoms with Crippen LogP contribution in [-0.4, -0.2) is 25.6 Å². The Morgan fingerprint density at radius 1 is 1.30 bits per heavy atom. The Bertz CT molecular complexity index is 472. The van der Waals surface area contributed by atoms with Crippen molar-refractivity contribution >= 4 is 5.91 Å². The van der Waals surface area contributed by atoms with Crippen LogP contribution in [0.15, 0.2) is 24.3 Å². The van der Waals surface area contributed by atoms with Crippen molar-refractivity contribution in [2.75, 3.05) is 19.7 Å². The van der Waals surface area contributed by atoms with Crippen molar-refractivity contribution in [1.82, 2.24) is 5.32 Å². The molecule has 4 nitrogen and oxygen atoms in total. The van der Waals surface area contributed by atoms with Crippen LogP contribution in [0, 0.1) is 17.8 Å². The van der Waals surface area contributed by atoms with Crippen LogP contribution in [0.4, 0.5) is 0 Å². The van der Waals surface area contributed by atoms with E-state index in [1.807, 2.05) is 0 Å². The molecule has 4 heteroatoms. The smallest absolute Gasteiger partial charge is 0.248 e. The summed E-state index contributed by atoms with van der Waals surface area (Å²) in [5, 5.41) is 3.48. The highest BCUT2D eigenvalue weighted by Gasteiger charge is 2.42. The number of carbonyl (C=O) groups is 1. The molecule has 2 fully saturated rings. The summed E-state index contributed by atoms with van der Waals surface area (Å²) in [4.78, 5) is 11.0. The van der Waals surface area contributed by atoms with Crippen LogP contribution in [0.5, 0.6) is 5.75 Å². The molecular weight excluding hydrogens is 252 g/mol. The maximum Gasteiger partial charge on any atom is 0.248 e. The van der Waals surface area contributed by atoms with Gasteiger partial charge in [-0.2, -0.15) is 0 Å². The van der Waals surface area contributed by atoms with E-state index in [9.17, 15) is 4.79 Å². The first-order valence-corrected chi connectivity index (χ1v) is 7.47. The summed E-state index contributed by atoms with van der Waals surface area (Å²) < 4.78 is 5.70. The highest BCUT2D eigenvalue weighted by molar-refractivity contribution is 5.92. The lowest BCUT2D eigenvalue weighted by atomic mass is 9.65. The number of fused-ring (bicyclic) bond motifs is 1. The van der Waals surface area contributed by atoms with Gasteiger partial charge in [0.15, 0.2) is 0 Å². The second-order valence-corrected chi connectivity index (χ2v) is 5.96. The van der Waals surface area contributed by atoms with E-state index >= 15 is 0 Å². The van der Waals surface area contributed by atoms with Gasteiger partial charge < -0.3 is 15.8 Å². The van der Waals surface area contributed by atoms with Gasteiger partial charge in [-0.15, -0.1) is 0 Å². The molecule has 1 unspecified atom stereocenters. The zero-order chi connectivity index (χ0) is 13.9. The number of amides is 1. The van der Waals surface area contributed by atoms with Crippen molar-refractivity contribution in [2.24, 2.45) is 23.5 Å². The van der Waals surface area contributed by atoms with Gasteiger partial charge in [0.25, 0.3) is 0 Å². The van der Waals surface area contributed by atoms with Gasteiger partial charge in [-0.25, -0.2) is 0 Å². The standard InChI is InChI=1S/C16H22N2O2/c17-16(19)11-3-5-14(6-4-11)20-7-1-2-12-8-13-9-18-10-15(12)13/h3-6,12-13,15,18H,1-2,7-10H2,(H2,17,19)/t12?,13-,15-/m0/s1. The summed E-state index contributed by atoms with van der Waals surface area (Å²) in [5.41, 5.74) is 5.72. The molecule has 1 amide bonds. The largest absolute Gasteiger partial charge is 0.494 e. The van der Waals surface area contributed by atoms with Crippen LogP contribution in [-0.2, 0) is 0 Å². The van der Waals surface area contributed by atoms with E-state index in [0.29, 0.717) is 5.56 Å². The lowest BCUT2D eigenvalue weighted by Gasteiger charge is -2.39. The first-order valence-electron chi connectivity index (χ1n) is 7.47. The fraction of sp³-hybridized carbons (Fsp3) is 0.562. The fourth-order valence-electron chi connectivity index (χ4n) is 3.51. The molecule has 0 spiro atoms. The molecule has 0 aromatic heterocycles. The predicted molar refractivity (Wildman–Crippen MR) is 77.6 cm³/mol. The molecular formula is C16H22N2O2. The number of primary amides is 1. The third-order valence-electron chi connectivity index (χ3n) is 4.73. The monoisotopic (exact) mass is 274 g/mol. The van der Waals surface area contributed by atoms with E-state index in [2.05, 4.69) is 5.32 Å². The second kappa shape index (κ2) is 5.83. The van der Waals surface area contributed by atoms with Crippen molar-refractivity contribution in [3.05, 3.63) is 29.8 Å². The van der Waals surface area contributed by atoms with Gasteiger partial charge in [-0.1, -0.05) is 0 Å². The maximum atomic E-state index is 11.0. The Labute approximate surface area is 119 Å². The lowest BCUT2D eigenvalue weighted by molar-refractivity contribution is 0.1000. The summed E-state index contributed by atoms with van der Waals surface area (Å²) in [6.07, 6.45) is 3.76. The van der Waals surface area contributed by atoms with Crippen molar-refractivity contribution in [3.63, 3.8) is 0 Å². The van der Waals surface area contributed by atoms with Crippen molar-refractivity contribution in [2.45, 2.75) is 19.3 Å². The molecule has 1 saturated carbocycles. The van der Waals surface area contributed by atoms with E-state index < -0.39 is 5.91 Å². The molecule has 3 N–H and O–H groups in total. The van der Waals surface area contributed by atoms with Crippen LogP contribution >= 0.6 is 0 Å². The van der Waals surface area contributed by atoms with Gasteiger partial charge in [0.2, 0.25) is 5.91 Å². The normalized spacial score (nSPS) is 27.7. The highest BCUT2D eigenvalue weighted by Crippen LogP contribution is 2.44. The summed E-state index contributed by atoms with van der Waals surface area (Å²) >= 11 is 0. The second-order valence-electron chi connectivity index (χ2n) is 5.96. The molecule has 1 heterocycles. The zero-order valence-electron chi connectivity index (χ0n) is 11.7. The number of ether oxygens (including phenoxy) is 1. The molecule has 0 bridgehead atoms. The molecule has 3 atom stereocenters. The minimum atomic E-state index is -0.402. The highest BCUT2D eigenvalue weighted by atomic mass is 16.5. The number of nitrogens with two attached hydrogens (primary N) is 1. The molecule has 2 aliphatic rings. The van der Waals surface area contributed by atoms with Crippen molar-refractivity contribution in [3.8, 4) is 5.75 Å². The van der Waals surface area contributed by atoms with Crippen LogP contribution in [0.2, 0.25) is 0 Å². The first-order chi connectivity index (χ1) is 9.74. The van der Waals surface area contributed by atoms with Gasteiger partial charge in [-0.3, -0.25) is 4.79 Å². The summed E-state index contributed by atoms with van der Waals surface area (Å²) in [6, 6.07) is 7.03. The molecule has 1 aliphatic heterocycles. The number of rotatable bonds is 6. The van der Waals surface area contributed by atoms with Crippen LogP contribution in [0.25, 0.3) is 0 Å². The maximum absolute atomic E-state index is 11.0. The first kappa shape index (κ1) is 13.4. The number of hydrogen-bond acceptors (Lipinski definition) is 3. The predicted octanol–water partition coefficient (Wildman–Crippen LogP) is 1.80. The third kappa shape index (κ3) is 2.80. The van der Waals surface area contributed by atoms with E-state index in [4.69, 9.17) is 10.5 Å². The number of benzene rings is 1. The van der Waals surface area contributed by atoms with Gasteiger partial charge in [0, 0.05) is 5.56 Å². The van der Waals surface area contributed by atoms with Crippen LogP contribution in [0.3, 0.4) is 0 Å². The molecule has 1 saturated heterocycles. The van der Waals surface area contributed by atoms with Crippen molar-refractivity contribution in [1.29, 1.82) is 0 Å². The summed E-state index contributed by atoms with van der Waals surface area (Å²) in [7, 11) is 0. The summed E-state index contributed by atoms with van der Waals surface area (Å²) in [6.45, 7) is 3.19. The Balaban J connectivity index is 1.36. The van der Waals surface area contributed by atoms with Gasteiger partial charge in [0.1, 0.15) is 5.75 Å². The number of nitrogens with one attached hydrogen (secondary N) is 1. The van der Waals surface area contributed by atoms with Gasteiger partial charge >= 0.3 is 0 Å². The van der Waals surface area contributed by atoms with Crippen LogP contribution < -0.4 is 15.8 Å². The molecule has 108 valence electrons. The van der Waals surface area contributed by atoms with Gasteiger partial charge in [0.05, 0.1) is 6.61 Å². The average Bonchev–Trinajstić information content (AvgIpc) is 2.80. The SMILES string of the molecule is NC(=O)c1ccc(OCCCC2C[C@H]3CNC[C@@H]23)cc1. The van der Waals surface area contributed by atoms with E-state index in [1.165, 1.54) is 25.9 Å². The van der Waals surface area contributed by atoms with E-state index in [1.54, 1.807) is 24.3 Å². The summed E-state index contributed by atoms with van der Waals surface area (Å²) in [5.74, 6) is 3.17. The Morgan fingerprint density at radius 3 is 2.80 bits per heavy atom. The number of carbonyl (C=O) groups excluding carboxylic acids is 1. The molecule has 20 heavy (non-hydrogen) atoms. The lowest BCUT2D eigenvalue weighted by Crippen LogP contribution is -2.35.